The molecule has 1 saturated heterocycles. The molecule has 0 radical (unpaired) electrons. The summed E-state index contributed by atoms with van der Waals surface area (Å²) >= 11 is 1.62. The van der Waals surface area contributed by atoms with Crippen LogP contribution in [0.2, 0.25) is 0 Å². The minimum atomic E-state index is -0.508. The zero-order valence-electron chi connectivity index (χ0n) is 12.1. The van der Waals surface area contributed by atoms with Crippen molar-refractivity contribution in [2.75, 3.05) is 20.1 Å². The number of rotatable bonds is 4. The average Bonchev–Trinajstić information content (AvgIpc) is 3.17. The lowest BCUT2D eigenvalue weighted by Gasteiger charge is -2.27. The Morgan fingerprint density at radius 3 is 3.14 bits per heavy atom. The zero-order chi connectivity index (χ0) is 15.5. The summed E-state index contributed by atoms with van der Waals surface area (Å²) in [5.41, 5.74) is 1.73. The van der Waals surface area contributed by atoms with Crippen LogP contribution in [0.1, 0.15) is 5.69 Å². The van der Waals surface area contributed by atoms with Gasteiger partial charge in [-0.3, -0.25) is 14.7 Å². The third kappa shape index (κ3) is 3.18. The fourth-order valence-electron chi connectivity index (χ4n) is 2.37. The number of aromatic amines is 1. The molecule has 0 spiro atoms. The van der Waals surface area contributed by atoms with Crippen molar-refractivity contribution in [2.24, 2.45) is 0 Å². The molecule has 0 aliphatic carbocycles. The number of carbonyl (C=O) groups excluding carboxylic acids is 2. The predicted octanol–water partition coefficient (Wildman–Crippen LogP) is 0.185. The van der Waals surface area contributed by atoms with Crippen molar-refractivity contribution in [2.45, 2.75) is 12.6 Å². The highest BCUT2D eigenvalue weighted by atomic mass is 32.1. The topological polar surface area (TPSA) is 90.1 Å². The molecule has 1 aliphatic rings. The van der Waals surface area contributed by atoms with Crippen molar-refractivity contribution >= 4 is 23.2 Å². The molecule has 3 heterocycles. The summed E-state index contributed by atoms with van der Waals surface area (Å²) in [6.07, 6.45) is 0. The van der Waals surface area contributed by atoms with E-state index in [0.717, 1.165) is 16.3 Å². The largest absolute Gasteiger partial charge is 0.342 e. The van der Waals surface area contributed by atoms with Gasteiger partial charge in [-0.25, -0.2) is 0 Å². The number of carbonyl (C=O) groups is 2. The van der Waals surface area contributed by atoms with Crippen LogP contribution in [-0.2, 0) is 16.1 Å². The van der Waals surface area contributed by atoms with Crippen molar-refractivity contribution in [3.63, 3.8) is 0 Å². The molecule has 0 aromatic carbocycles. The van der Waals surface area contributed by atoms with E-state index < -0.39 is 6.04 Å². The number of thiophene rings is 1. The molecule has 0 saturated carbocycles. The van der Waals surface area contributed by atoms with Crippen LogP contribution in [0.5, 0.6) is 0 Å². The van der Waals surface area contributed by atoms with E-state index in [2.05, 4.69) is 20.8 Å². The Bertz CT molecular complexity index is 667. The first kappa shape index (κ1) is 14.7. The summed E-state index contributed by atoms with van der Waals surface area (Å²) in [6, 6.07) is 5.41. The highest BCUT2D eigenvalue weighted by molar-refractivity contribution is 7.13. The number of aromatic nitrogens is 2. The van der Waals surface area contributed by atoms with E-state index in [1.165, 1.54) is 0 Å². The van der Waals surface area contributed by atoms with Crippen LogP contribution in [0.4, 0.5) is 0 Å². The van der Waals surface area contributed by atoms with E-state index >= 15 is 0 Å². The molecular weight excluding hydrogens is 302 g/mol. The average molecular weight is 319 g/mol. The normalized spacial score (nSPS) is 18.0. The minimum Gasteiger partial charge on any atom is -0.342 e. The van der Waals surface area contributed by atoms with Crippen molar-refractivity contribution < 1.29 is 9.59 Å². The van der Waals surface area contributed by atoms with Crippen LogP contribution in [0.15, 0.2) is 23.6 Å². The summed E-state index contributed by atoms with van der Waals surface area (Å²) in [5, 5.41) is 14.8. The third-order valence-corrected chi connectivity index (χ3v) is 4.35. The molecule has 8 heteroatoms. The number of H-pyrrole nitrogens is 1. The SMILES string of the molecule is CN(Cc1cc(-c2cccs2)n[nH]1)C(=O)[C@@H]1CNCC(=O)N1. The molecule has 3 rings (SSSR count). The highest BCUT2D eigenvalue weighted by Crippen LogP contribution is 2.23. The second kappa shape index (κ2) is 6.29. The molecular formula is C14H17N5O2S. The summed E-state index contributed by atoms with van der Waals surface area (Å²) in [6.45, 7) is 1.14. The Morgan fingerprint density at radius 1 is 1.55 bits per heavy atom. The number of piperazine rings is 1. The molecule has 2 aromatic rings. The van der Waals surface area contributed by atoms with E-state index in [1.807, 2.05) is 23.6 Å². The van der Waals surface area contributed by atoms with Gasteiger partial charge in [0.25, 0.3) is 0 Å². The standard InChI is InChI=1S/C14H17N5O2S/c1-19(14(21)11-6-15-7-13(20)16-11)8-9-5-10(18-17-9)12-3-2-4-22-12/h2-5,11,15H,6-8H2,1H3,(H,16,20)(H,17,18)/t11-/m0/s1. The molecule has 1 aliphatic heterocycles. The van der Waals surface area contributed by atoms with E-state index in [4.69, 9.17) is 0 Å². The number of hydrogen-bond acceptors (Lipinski definition) is 5. The maximum atomic E-state index is 12.3. The maximum absolute atomic E-state index is 12.3. The van der Waals surface area contributed by atoms with Gasteiger partial charge in [0.05, 0.1) is 23.7 Å². The molecule has 7 nitrogen and oxygen atoms in total. The molecule has 1 fully saturated rings. The van der Waals surface area contributed by atoms with Crippen LogP contribution in [-0.4, -0.2) is 53.1 Å². The van der Waals surface area contributed by atoms with Crippen LogP contribution in [0, 0.1) is 0 Å². The van der Waals surface area contributed by atoms with Gasteiger partial charge in [-0.1, -0.05) is 6.07 Å². The monoisotopic (exact) mass is 319 g/mol. The summed E-state index contributed by atoms with van der Waals surface area (Å²) in [4.78, 5) is 26.3. The quantitative estimate of drug-likeness (QED) is 0.750. The molecule has 0 unspecified atom stereocenters. The minimum absolute atomic E-state index is 0.118. The van der Waals surface area contributed by atoms with Gasteiger partial charge in [0.1, 0.15) is 11.7 Å². The van der Waals surface area contributed by atoms with Gasteiger partial charge in [0.15, 0.2) is 0 Å². The molecule has 116 valence electrons. The fraction of sp³-hybridized carbons (Fsp3) is 0.357. The van der Waals surface area contributed by atoms with E-state index in [9.17, 15) is 9.59 Å². The van der Waals surface area contributed by atoms with Crippen LogP contribution in [0.3, 0.4) is 0 Å². The first-order valence-electron chi connectivity index (χ1n) is 6.96. The first-order valence-corrected chi connectivity index (χ1v) is 7.84. The van der Waals surface area contributed by atoms with E-state index in [1.54, 1.807) is 23.3 Å². The number of amides is 2. The molecule has 1 atom stereocenters. The Hall–Kier alpha value is -2.19. The Labute approximate surface area is 131 Å². The first-order chi connectivity index (χ1) is 10.6. The van der Waals surface area contributed by atoms with Gasteiger partial charge in [0, 0.05) is 13.6 Å². The van der Waals surface area contributed by atoms with Gasteiger partial charge in [-0.15, -0.1) is 11.3 Å². The molecule has 2 aromatic heterocycles. The van der Waals surface area contributed by atoms with Gasteiger partial charge in [0.2, 0.25) is 11.8 Å². The Balaban J connectivity index is 1.62. The number of likely N-dealkylation sites (N-methyl/N-ethyl adjacent to an activating group) is 1. The van der Waals surface area contributed by atoms with E-state index in [-0.39, 0.29) is 18.4 Å². The van der Waals surface area contributed by atoms with Crippen LogP contribution >= 0.6 is 11.3 Å². The van der Waals surface area contributed by atoms with Gasteiger partial charge in [-0.2, -0.15) is 5.10 Å². The third-order valence-electron chi connectivity index (χ3n) is 3.46. The summed E-state index contributed by atoms with van der Waals surface area (Å²) in [5.74, 6) is -0.271. The van der Waals surface area contributed by atoms with Gasteiger partial charge >= 0.3 is 0 Å². The van der Waals surface area contributed by atoms with Crippen LogP contribution < -0.4 is 10.6 Å². The zero-order valence-corrected chi connectivity index (χ0v) is 12.9. The van der Waals surface area contributed by atoms with Crippen molar-refractivity contribution in [1.82, 2.24) is 25.7 Å². The molecule has 3 N–H and O–H groups in total. The number of nitrogens with zero attached hydrogens (tertiary/aromatic N) is 2. The molecule has 2 amide bonds. The number of hydrogen-bond donors (Lipinski definition) is 3. The number of nitrogens with one attached hydrogen (secondary N) is 3. The Kier molecular flexibility index (Phi) is 4.21. The van der Waals surface area contributed by atoms with Crippen molar-refractivity contribution in [3.05, 3.63) is 29.3 Å². The highest BCUT2D eigenvalue weighted by Gasteiger charge is 2.27. The molecule has 0 bridgehead atoms. The summed E-state index contributed by atoms with van der Waals surface area (Å²) < 4.78 is 0. The smallest absolute Gasteiger partial charge is 0.246 e. The van der Waals surface area contributed by atoms with E-state index in [0.29, 0.717) is 13.1 Å². The molecule has 22 heavy (non-hydrogen) atoms. The van der Waals surface area contributed by atoms with Gasteiger partial charge < -0.3 is 15.5 Å². The van der Waals surface area contributed by atoms with Gasteiger partial charge in [-0.05, 0) is 17.5 Å². The lowest BCUT2D eigenvalue weighted by molar-refractivity contribution is -0.136. The van der Waals surface area contributed by atoms with Crippen molar-refractivity contribution in [3.8, 4) is 10.6 Å². The maximum Gasteiger partial charge on any atom is 0.246 e. The summed E-state index contributed by atoms with van der Waals surface area (Å²) in [7, 11) is 1.72. The Morgan fingerprint density at radius 2 is 2.41 bits per heavy atom. The lowest BCUT2D eigenvalue weighted by Crippen LogP contribution is -2.58. The van der Waals surface area contributed by atoms with Crippen LogP contribution in [0.25, 0.3) is 10.6 Å². The lowest BCUT2D eigenvalue weighted by atomic mass is 10.2. The fourth-order valence-corrected chi connectivity index (χ4v) is 3.05. The predicted molar refractivity (Wildman–Crippen MR) is 83.2 cm³/mol. The van der Waals surface area contributed by atoms with Crippen molar-refractivity contribution in [1.29, 1.82) is 0 Å². The second-order valence-electron chi connectivity index (χ2n) is 5.20. The second-order valence-corrected chi connectivity index (χ2v) is 6.15.